The topological polar surface area (TPSA) is 29.9 Å². The Hall–Kier alpha value is -1.56. The number of halogens is 3. The van der Waals surface area contributed by atoms with Crippen LogP contribution in [0.3, 0.4) is 0 Å². The minimum Gasteiger partial charge on any atom is -0.331 e. The van der Waals surface area contributed by atoms with E-state index in [9.17, 15) is 13.2 Å². The van der Waals surface area contributed by atoms with E-state index in [1.54, 1.807) is 11.6 Å². The van der Waals surface area contributed by atoms with Crippen LogP contribution in [-0.2, 0) is 19.6 Å². The molecule has 0 saturated carbocycles. The molecule has 2 rings (SSSR count). The molecule has 0 aliphatic heterocycles. The van der Waals surface area contributed by atoms with Crippen molar-refractivity contribution in [2.75, 3.05) is 13.6 Å². The van der Waals surface area contributed by atoms with Crippen molar-refractivity contribution < 1.29 is 13.2 Å². The Bertz CT molecular complexity index is 557. The van der Waals surface area contributed by atoms with Crippen molar-refractivity contribution in [2.45, 2.75) is 12.6 Å². The van der Waals surface area contributed by atoms with Crippen molar-refractivity contribution in [3.8, 4) is 0 Å². The number of hydrogen-bond donors (Lipinski definition) is 1. The molecular formula is C12H14F3N3. The number of alkyl halides is 3. The number of imidazole rings is 1. The van der Waals surface area contributed by atoms with E-state index in [-0.39, 0.29) is 0 Å². The molecule has 0 bridgehead atoms. The number of aryl methyl sites for hydroxylation is 1. The first-order chi connectivity index (χ1) is 8.43. The lowest BCUT2D eigenvalue weighted by Crippen LogP contribution is -2.13. The minimum absolute atomic E-state index is 0.510. The van der Waals surface area contributed by atoms with E-state index in [1.807, 2.05) is 7.05 Å². The summed E-state index contributed by atoms with van der Waals surface area (Å²) >= 11 is 0. The fourth-order valence-electron chi connectivity index (χ4n) is 1.88. The summed E-state index contributed by atoms with van der Waals surface area (Å²) in [7, 11) is 3.56. The molecule has 0 atom stereocenters. The number of hydrogen-bond acceptors (Lipinski definition) is 2. The summed E-state index contributed by atoms with van der Waals surface area (Å²) < 4.78 is 39.6. The van der Waals surface area contributed by atoms with Gasteiger partial charge >= 0.3 is 6.18 Å². The molecule has 6 heteroatoms. The SMILES string of the molecule is CNCCc1nc2ccc(C(F)(F)F)cc2n1C. The Morgan fingerprint density at radius 3 is 2.67 bits per heavy atom. The van der Waals surface area contributed by atoms with Gasteiger partial charge in [-0.2, -0.15) is 13.2 Å². The predicted octanol–water partition coefficient (Wildman–Crippen LogP) is 2.35. The molecule has 2 aromatic rings. The fourth-order valence-corrected chi connectivity index (χ4v) is 1.88. The largest absolute Gasteiger partial charge is 0.416 e. The molecule has 0 unspecified atom stereocenters. The Morgan fingerprint density at radius 2 is 2.06 bits per heavy atom. The third-order valence-electron chi connectivity index (χ3n) is 2.90. The van der Waals surface area contributed by atoms with Gasteiger partial charge in [0.05, 0.1) is 16.6 Å². The maximum absolute atomic E-state index is 12.6. The summed E-state index contributed by atoms with van der Waals surface area (Å²) in [5.74, 6) is 0.777. The summed E-state index contributed by atoms with van der Waals surface area (Å²) in [6.07, 6.45) is -3.63. The van der Waals surface area contributed by atoms with Crippen LogP contribution in [0.5, 0.6) is 0 Å². The molecule has 0 fully saturated rings. The molecular weight excluding hydrogens is 243 g/mol. The Labute approximate surface area is 103 Å². The van der Waals surface area contributed by atoms with Crippen LogP contribution in [0.2, 0.25) is 0 Å². The highest BCUT2D eigenvalue weighted by Gasteiger charge is 2.30. The molecule has 0 amide bonds. The van der Waals surface area contributed by atoms with E-state index >= 15 is 0 Å². The van der Waals surface area contributed by atoms with Crippen molar-refractivity contribution in [2.24, 2.45) is 7.05 Å². The zero-order valence-corrected chi connectivity index (χ0v) is 10.2. The smallest absolute Gasteiger partial charge is 0.331 e. The second-order valence-electron chi connectivity index (χ2n) is 4.14. The number of benzene rings is 1. The number of likely N-dealkylation sites (N-methyl/N-ethyl adjacent to an activating group) is 1. The van der Waals surface area contributed by atoms with Gasteiger partial charge in [-0.1, -0.05) is 0 Å². The molecule has 0 spiro atoms. The first-order valence-electron chi connectivity index (χ1n) is 5.60. The van der Waals surface area contributed by atoms with E-state index in [4.69, 9.17) is 0 Å². The summed E-state index contributed by atoms with van der Waals surface area (Å²) in [5.41, 5.74) is 0.464. The molecule has 0 saturated heterocycles. The van der Waals surface area contributed by atoms with Crippen LogP contribution in [0.1, 0.15) is 11.4 Å². The van der Waals surface area contributed by atoms with Crippen molar-refractivity contribution >= 4 is 11.0 Å². The molecule has 1 heterocycles. The van der Waals surface area contributed by atoms with Crippen LogP contribution < -0.4 is 5.32 Å². The summed E-state index contributed by atoms with van der Waals surface area (Å²) in [5, 5.41) is 2.99. The van der Waals surface area contributed by atoms with Crippen molar-refractivity contribution in [3.05, 3.63) is 29.6 Å². The quantitative estimate of drug-likeness (QED) is 0.914. The van der Waals surface area contributed by atoms with Gasteiger partial charge in [-0.25, -0.2) is 4.98 Å². The van der Waals surface area contributed by atoms with E-state index in [0.717, 1.165) is 24.5 Å². The summed E-state index contributed by atoms with van der Waals surface area (Å²) in [6, 6.07) is 3.63. The third-order valence-corrected chi connectivity index (χ3v) is 2.90. The second kappa shape index (κ2) is 4.61. The van der Waals surface area contributed by atoms with Gasteiger partial charge in [0.25, 0.3) is 0 Å². The van der Waals surface area contributed by atoms with E-state index in [0.29, 0.717) is 17.5 Å². The number of aromatic nitrogens is 2. The first kappa shape index (κ1) is 12.9. The Kier molecular flexibility index (Phi) is 3.30. The molecule has 0 aliphatic carbocycles. The van der Waals surface area contributed by atoms with Gasteiger partial charge in [-0.05, 0) is 25.2 Å². The van der Waals surface area contributed by atoms with Gasteiger partial charge in [-0.15, -0.1) is 0 Å². The molecule has 1 N–H and O–H groups in total. The predicted molar refractivity (Wildman–Crippen MR) is 63.3 cm³/mol. The Balaban J connectivity index is 2.47. The maximum atomic E-state index is 12.6. The first-order valence-corrected chi connectivity index (χ1v) is 5.60. The molecule has 0 aliphatic rings. The number of fused-ring (bicyclic) bond motifs is 1. The average molecular weight is 257 g/mol. The highest BCUT2D eigenvalue weighted by molar-refractivity contribution is 5.77. The van der Waals surface area contributed by atoms with Crippen LogP contribution in [0.15, 0.2) is 18.2 Å². The van der Waals surface area contributed by atoms with E-state index in [2.05, 4.69) is 10.3 Å². The van der Waals surface area contributed by atoms with Gasteiger partial charge in [0.15, 0.2) is 0 Å². The van der Waals surface area contributed by atoms with E-state index < -0.39 is 11.7 Å². The van der Waals surface area contributed by atoms with Crippen LogP contribution >= 0.6 is 0 Å². The highest BCUT2D eigenvalue weighted by atomic mass is 19.4. The zero-order chi connectivity index (χ0) is 13.3. The molecule has 0 radical (unpaired) electrons. The standard InChI is InChI=1S/C12H14F3N3/c1-16-6-5-11-17-9-4-3-8(12(13,14)15)7-10(9)18(11)2/h3-4,7,16H,5-6H2,1-2H3. The van der Waals surface area contributed by atoms with Crippen molar-refractivity contribution in [1.29, 1.82) is 0 Å². The Morgan fingerprint density at radius 1 is 1.33 bits per heavy atom. The molecule has 1 aromatic heterocycles. The fraction of sp³-hybridized carbons (Fsp3) is 0.417. The highest BCUT2D eigenvalue weighted by Crippen LogP contribution is 2.31. The molecule has 3 nitrogen and oxygen atoms in total. The maximum Gasteiger partial charge on any atom is 0.416 e. The molecule has 18 heavy (non-hydrogen) atoms. The second-order valence-corrected chi connectivity index (χ2v) is 4.14. The minimum atomic E-state index is -4.32. The van der Waals surface area contributed by atoms with Gasteiger partial charge in [-0.3, -0.25) is 0 Å². The van der Waals surface area contributed by atoms with Crippen molar-refractivity contribution in [1.82, 2.24) is 14.9 Å². The summed E-state index contributed by atoms with van der Waals surface area (Å²) in [6.45, 7) is 0.739. The number of nitrogens with one attached hydrogen (secondary N) is 1. The normalized spacial score (nSPS) is 12.3. The monoisotopic (exact) mass is 257 g/mol. The lowest BCUT2D eigenvalue weighted by molar-refractivity contribution is -0.137. The number of nitrogens with zero attached hydrogens (tertiary/aromatic N) is 2. The summed E-state index contributed by atoms with van der Waals surface area (Å²) in [4.78, 5) is 4.33. The average Bonchev–Trinajstić information content (AvgIpc) is 2.62. The van der Waals surface area contributed by atoms with Gasteiger partial charge in [0, 0.05) is 20.0 Å². The lowest BCUT2D eigenvalue weighted by atomic mass is 10.2. The molecule has 98 valence electrons. The lowest BCUT2D eigenvalue weighted by Gasteiger charge is -2.06. The van der Waals surface area contributed by atoms with Gasteiger partial charge in [0.1, 0.15) is 5.82 Å². The zero-order valence-electron chi connectivity index (χ0n) is 10.2. The number of rotatable bonds is 3. The van der Waals surface area contributed by atoms with E-state index in [1.165, 1.54) is 6.07 Å². The van der Waals surface area contributed by atoms with Gasteiger partial charge in [0.2, 0.25) is 0 Å². The third kappa shape index (κ3) is 2.33. The van der Waals surface area contributed by atoms with Crippen LogP contribution in [0, 0.1) is 0 Å². The van der Waals surface area contributed by atoms with Crippen LogP contribution in [0.4, 0.5) is 13.2 Å². The van der Waals surface area contributed by atoms with Crippen LogP contribution in [-0.4, -0.2) is 23.1 Å². The molecule has 1 aromatic carbocycles. The van der Waals surface area contributed by atoms with Crippen LogP contribution in [0.25, 0.3) is 11.0 Å². The van der Waals surface area contributed by atoms with Gasteiger partial charge < -0.3 is 9.88 Å². The van der Waals surface area contributed by atoms with Crippen molar-refractivity contribution in [3.63, 3.8) is 0 Å².